The molecule has 12 nitrogen and oxygen atoms in total. The number of ether oxygens (including phenoxy) is 1. The van der Waals surface area contributed by atoms with E-state index < -0.39 is 49.9 Å². The molecule has 5 atom stereocenters. The van der Waals surface area contributed by atoms with Crippen LogP contribution in [0, 0.1) is 0 Å². The van der Waals surface area contributed by atoms with Crippen molar-refractivity contribution in [1.82, 2.24) is 9.55 Å². The molecule has 0 saturated carbocycles. The molecule has 1 aromatic rings. The number of rotatable bonds is 4. The number of aliphatic hydroxyl groups is 3. The maximum absolute atomic E-state index is 11.6. The third kappa shape index (κ3) is 3.51. The van der Waals surface area contributed by atoms with Crippen molar-refractivity contribution >= 4 is 7.82 Å². The number of aromatic amines is 1. The minimum atomic E-state index is -5.07. The minimum Gasteiger partial charge on any atom is -0.387 e. The Hall–Kier alpha value is -1.37. The minimum absolute atomic E-state index is 0.698. The van der Waals surface area contributed by atoms with Gasteiger partial charge in [0.25, 0.3) is 5.56 Å². The first-order chi connectivity index (χ1) is 10.1. The number of H-pyrrole nitrogens is 1. The average molecular weight is 340 g/mol. The van der Waals surface area contributed by atoms with Gasteiger partial charge in [0.2, 0.25) is 0 Å². The first kappa shape index (κ1) is 17.0. The molecule has 13 heteroatoms. The largest absolute Gasteiger partial charge is 0.472 e. The highest BCUT2D eigenvalue weighted by atomic mass is 31.2. The van der Waals surface area contributed by atoms with Gasteiger partial charge in [0.05, 0.1) is 0 Å². The van der Waals surface area contributed by atoms with Crippen molar-refractivity contribution < 1.29 is 38.9 Å². The lowest BCUT2D eigenvalue weighted by Crippen LogP contribution is -2.40. The normalized spacial score (nSPS) is 30.4. The quantitative estimate of drug-likeness (QED) is 0.237. The Kier molecular flexibility index (Phi) is 4.65. The number of nitrogens with zero attached hydrogens (tertiary/aromatic N) is 1. The maximum Gasteiger partial charge on any atom is 0.472 e. The molecule has 0 radical (unpaired) electrons. The Labute approximate surface area is 121 Å². The summed E-state index contributed by atoms with van der Waals surface area (Å²) in [7, 11) is -5.07. The number of hydrogen-bond donors (Lipinski definition) is 6. The van der Waals surface area contributed by atoms with Gasteiger partial charge < -0.3 is 29.8 Å². The third-order valence-electron chi connectivity index (χ3n) is 2.93. The predicted molar refractivity (Wildman–Crippen MR) is 66.4 cm³/mol. The summed E-state index contributed by atoms with van der Waals surface area (Å²) in [6.45, 7) is 0. The highest BCUT2D eigenvalue weighted by molar-refractivity contribution is 7.46. The van der Waals surface area contributed by atoms with Gasteiger partial charge in [-0.2, -0.15) is 0 Å². The molecular formula is C9H13N2O10P. The van der Waals surface area contributed by atoms with E-state index in [9.17, 15) is 29.5 Å². The van der Waals surface area contributed by atoms with Crippen LogP contribution in [-0.2, 0) is 13.8 Å². The van der Waals surface area contributed by atoms with E-state index >= 15 is 0 Å². The van der Waals surface area contributed by atoms with E-state index in [1.165, 1.54) is 0 Å². The summed E-state index contributed by atoms with van der Waals surface area (Å²) in [5.74, 6) is 0. The molecule has 0 spiro atoms. The molecule has 0 aromatic carbocycles. The zero-order valence-electron chi connectivity index (χ0n) is 10.7. The van der Waals surface area contributed by atoms with Crippen molar-refractivity contribution in [3.8, 4) is 0 Å². The zero-order valence-corrected chi connectivity index (χ0v) is 11.6. The Morgan fingerprint density at radius 3 is 2.50 bits per heavy atom. The van der Waals surface area contributed by atoms with E-state index in [4.69, 9.17) is 14.5 Å². The molecule has 0 bridgehead atoms. The summed E-state index contributed by atoms with van der Waals surface area (Å²) < 4.78 is 20.4. The fourth-order valence-electron chi connectivity index (χ4n) is 1.98. The van der Waals surface area contributed by atoms with E-state index in [0.717, 1.165) is 16.8 Å². The van der Waals surface area contributed by atoms with Crippen LogP contribution in [-0.4, -0.2) is 59.3 Å². The maximum atomic E-state index is 11.6. The molecule has 3 unspecified atom stereocenters. The summed E-state index contributed by atoms with van der Waals surface area (Å²) in [6, 6.07) is 0.958. The second kappa shape index (κ2) is 6.02. The molecule has 1 aromatic heterocycles. The molecule has 1 fully saturated rings. The number of nitrogens with one attached hydrogen (secondary N) is 1. The molecule has 2 heterocycles. The Morgan fingerprint density at radius 2 is 1.95 bits per heavy atom. The lowest BCUT2D eigenvalue weighted by molar-refractivity contribution is -0.161. The summed E-state index contributed by atoms with van der Waals surface area (Å²) in [6.07, 6.45) is -8.02. The molecule has 124 valence electrons. The van der Waals surface area contributed by atoms with Crippen LogP contribution >= 0.6 is 7.82 Å². The van der Waals surface area contributed by atoms with Crippen LogP contribution in [0.5, 0.6) is 0 Å². The van der Waals surface area contributed by atoms with Gasteiger partial charge in [0.1, 0.15) is 18.3 Å². The van der Waals surface area contributed by atoms with E-state index in [0.29, 0.717) is 0 Å². The van der Waals surface area contributed by atoms with Crippen molar-refractivity contribution in [3.05, 3.63) is 33.1 Å². The van der Waals surface area contributed by atoms with Crippen LogP contribution < -0.4 is 11.2 Å². The topological polar surface area (TPSA) is 192 Å². The van der Waals surface area contributed by atoms with Gasteiger partial charge in [-0.15, -0.1) is 0 Å². The summed E-state index contributed by atoms with van der Waals surface area (Å²) in [4.78, 5) is 41.6. The predicted octanol–water partition coefficient (Wildman–Crippen LogP) is -3.42. The molecule has 1 aliphatic rings. The van der Waals surface area contributed by atoms with Crippen molar-refractivity contribution in [2.24, 2.45) is 0 Å². The molecule has 6 N–H and O–H groups in total. The van der Waals surface area contributed by atoms with Crippen LogP contribution in [0.3, 0.4) is 0 Å². The van der Waals surface area contributed by atoms with Crippen molar-refractivity contribution in [1.29, 1.82) is 0 Å². The number of phosphoric ester groups is 1. The Balaban J connectivity index is 2.25. The van der Waals surface area contributed by atoms with E-state index in [1.807, 2.05) is 4.98 Å². The summed E-state index contributed by atoms with van der Waals surface area (Å²) >= 11 is 0. The van der Waals surface area contributed by atoms with Crippen LogP contribution in [0.2, 0.25) is 0 Å². The Bertz CT molecular complexity index is 694. The number of aliphatic hydroxyl groups excluding tert-OH is 3. The SMILES string of the molecule is O=c1ccn([C@H]2O[C@@H](C(O)OP(=O)(O)O)C(O)C2O)c(=O)[nH]1. The van der Waals surface area contributed by atoms with Crippen LogP contribution in [0.4, 0.5) is 0 Å². The molecule has 0 aliphatic carbocycles. The number of aromatic nitrogens is 2. The molecule has 22 heavy (non-hydrogen) atoms. The Morgan fingerprint density at radius 1 is 1.32 bits per heavy atom. The van der Waals surface area contributed by atoms with Gasteiger partial charge in [-0.05, 0) is 0 Å². The van der Waals surface area contributed by atoms with Gasteiger partial charge in [-0.25, -0.2) is 9.36 Å². The van der Waals surface area contributed by atoms with Gasteiger partial charge in [0, 0.05) is 12.3 Å². The smallest absolute Gasteiger partial charge is 0.387 e. The van der Waals surface area contributed by atoms with E-state index in [1.54, 1.807) is 0 Å². The van der Waals surface area contributed by atoms with Crippen molar-refractivity contribution in [2.45, 2.75) is 30.8 Å². The second-order valence-corrected chi connectivity index (χ2v) is 5.67. The molecular weight excluding hydrogens is 327 g/mol. The monoisotopic (exact) mass is 340 g/mol. The lowest BCUT2D eigenvalue weighted by Gasteiger charge is -2.21. The van der Waals surface area contributed by atoms with Crippen molar-refractivity contribution in [3.63, 3.8) is 0 Å². The fraction of sp³-hybridized carbons (Fsp3) is 0.556. The molecule has 2 rings (SSSR count). The number of hydrogen-bond acceptors (Lipinski definition) is 8. The summed E-state index contributed by atoms with van der Waals surface area (Å²) in [5, 5.41) is 29.1. The summed E-state index contributed by atoms with van der Waals surface area (Å²) in [5.41, 5.74) is -1.65. The second-order valence-electron chi connectivity index (χ2n) is 4.48. The first-order valence-corrected chi connectivity index (χ1v) is 7.38. The van der Waals surface area contributed by atoms with Crippen LogP contribution in [0.25, 0.3) is 0 Å². The average Bonchev–Trinajstić information content (AvgIpc) is 2.65. The van der Waals surface area contributed by atoms with Crippen molar-refractivity contribution in [2.75, 3.05) is 0 Å². The highest BCUT2D eigenvalue weighted by Crippen LogP contribution is 2.40. The van der Waals surface area contributed by atoms with E-state index in [-0.39, 0.29) is 0 Å². The van der Waals surface area contributed by atoms with E-state index in [2.05, 4.69) is 4.52 Å². The molecule has 1 aliphatic heterocycles. The molecule has 0 amide bonds. The fourth-order valence-corrected chi connectivity index (χ4v) is 2.38. The standard InChI is InChI=1S/C9H13N2O10P/c12-3-1-2-11(9(16)10-3)7-5(14)4(13)6(20-7)8(15)21-22(17,18)19/h1-2,4-8,13-15H,(H,10,12,16)(H2,17,18,19)/t4?,5?,6-,7+,8?/m1/s1. The molecule has 1 saturated heterocycles. The lowest BCUT2D eigenvalue weighted by atomic mass is 10.1. The van der Waals surface area contributed by atoms with Crippen LogP contribution in [0.15, 0.2) is 21.9 Å². The van der Waals surface area contributed by atoms with Gasteiger partial charge in [0.15, 0.2) is 12.5 Å². The van der Waals surface area contributed by atoms with Gasteiger partial charge >= 0.3 is 13.5 Å². The van der Waals surface area contributed by atoms with Gasteiger partial charge in [-0.1, -0.05) is 0 Å². The first-order valence-electron chi connectivity index (χ1n) is 5.85. The zero-order chi connectivity index (χ0) is 16.7. The highest BCUT2D eigenvalue weighted by Gasteiger charge is 2.48. The number of phosphoric acid groups is 1. The van der Waals surface area contributed by atoms with Crippen LogP contribution in [0.1, 0.15) is 6.23 Å². The van der Waals surface area contributed by atoms with Gasteiger partial charge in [-0.3, -0.25) is 18.9 Å². The third-order valence-corrected chi connectivity index (χ3v) is 3.42.